The van der Waals surface area contributed by atoms with Crippen molar-refractivity contribution in [2.45, 2.75) is 31.7 Å². The van der Waals surface area contributed by atoms with Gasteiger partial charge in [-0.05, 0) is 50.9 Å². The van der Waals surface area contributed by atoms with Crippen molar-refractivity contribution < 1.29 is 4.39 Å². The summed E-state index contributed by atoms with van der Waals surface area (Å²) in [5.41, 5.74) is 6.58. The lowest BCUT2D eigenvalue weighted by Gasteiger charge is -2.38. The summed E-state index contributed by atoms with van der Waals surface area (Å²) in [5.74, 6) is -0.119. The number of hydrogen-bond donors (Lipinski definition) is 1. The first-order chi connectivity index (χ1) is 8.15. The van der Waals surface area contributed by atoms with Crippen molar-refractivity contribution >= 4 is 0 Å². The molecule has 0 radical (unpaired) electrons. The Hall–Kier alpha value is -0.930. The zero-order valence-corrected chi connectivity index (χ0v) is 10.5. The van der Waals surface area contributed by atoms with Crippen LogP contribution in [0.4, 0.5) is 4.39 Å². The highest BCUT2D eigenvalue weighted by Crippen LogP contribution is 2.25. The van der Waals surface area contributed by atoms with Crippen LogP contribution in [0.1, 0.15) is 25.3 Å². The van der Waals surface area contributed by atoms with Crippen molar-refractivity contribution in [1.82, 2.24) is 4.90 Å². The van der Waals surface area contributed by atoms with Crippen LogP contribution in [-0.4, -0.2) is 30.1 Å². The van der Waals surface area contributed by atoms with Gasteiger partial charge in [0.15, 0.2) is 0 Å². The van der Waals surface area contributed by atoms with E-state index in [4.69, 9.17) is 5.73 Å². The molecule has 1 aliphatic rings. The zero-order chi connectivity index (χ0) is 12.3. The number of likely N-dealkylation sites (tertiary alicyclic amines) is 1. The Bertz CT molecular complexity index is 374. The predicted molar refractivity (Wildman–Crippen MR) is 68.4 cm³/mol. The first-order valence-electron chi connectivity index (χ1n) is 6.34. The van der Waals surface area contributed by atoms with Crippen LogP contribution in [0.15, 0.2) is 24.3 Å². The SMILES string of the molecule is CC(CN)(Cc1ccccc1F)N1CCCC1. The van der Waals surface area contributed by atoms with Crippen LogP contribution in [0, 0.1) is 5.82 Å². The lowest BCUT2D eigenvalue weighted by atomic mass is 9.91. The van der Waals surface area contributed by atoms with Crippen LogP contribution in [0.2, 0.25) is 0 Å². The van der Waals surface area contributed by atoms with E-state index in [1.165, 1.54) is 18.9 Å². The van der Waals surface area contributed by atoms with Crippen LogP contribution in [0.25, 0.3) is 0 Å². The van der Waals surface area contributed by atoms with Crippen LogP contribution in [0.3, 0.4) is 0 Å². The lowest BCUT2D eigenvalue weighted by molar-refractivity contribution is 0.142. The summed E-state index contributed by atoms with van der Waals surface area (Å²) in [6, 6.07) is 7.00. The van der Waals surface area contributed by atoms with Crippen molar-refractivity contribution in [3.8, 4) is 0 Å². The van der Waals surface area contributed by atoms with Crippen molar-refractivity contribution in [3.05, 3.63) is 35.6 Å². The fourth-order valence-corrected chi connectivity index (χ4v) is 2.62. The van der Waals surface area contributed by atoms with Crippen LogP contribution < -0.4 is 5.73 Å². The smallest absolute Gasteiger partial charge is 0.126 e. The Labute approximate surface area is 103 Å². The first kappa shape index (κ1) is 12.5. The second-order valence-electron chi connectivity index (χ2n) is 5.16. The monoisotopic (exact) mass is 236 g/mol. The van der Waals surface area contributed by atoms with Gasteiger partial charge in [-0.1, -0.05) is 18.2 Å². The molecule has 2 N–H and O–H groups in total. The third-order valence-electron chi connectivity index (χ3n) is 3.84. The molecule has 0 aliphatic carbocycles. The molecule has 1 aromatic rings. The van der Waals surface area contributed by atoms with E-state index in [0.29, 0.717) is 13.0 Å². The van der Waals surface area contributed by atoms with E-state index in [1.54, 1.807) is 6.07 Å². The van der Waals surface area contributed by atoms with Gasteiger partial charge < -0.3 is 5.73 Å². The highest BCUT2D eigenvalue weighted by molar-refractivity contribution is 5.20. The summed E-state index contributed by atoms with van der Waals surface area (Å²) in [7, 11) is 0. The summed E-state index contributed by atoms with van der Waals surface area (Å²) in [5, 5.41) is 0. The molecule has 3 heteroatoms. The molecule has 2 nitrogen and oxygen atoms in total. The Morgan fingerprint density at radius 3 is 2.53 bits per heavy atom. The molecule has 0 bridgehead atoms. The maximum absolute atomic E-state index is 13.7. The van der Waals surface area contributed by atoms with Crippen molar-refractivity contribution in [2.24, 2.45) is 5.73 Å². The second-order valence-corrected chi connectivity index (χ2v) is 5.16. The minimum Gasteiger partial charge on any atom is -0.329 e. The molecule has 1 fully saturated rings. The largest absolute Gasteiger partial charge is 0.329 e. The van der Waals surface area contributed by atoms with E-state index >= 15 is 0 Å². The van der Waals surface area contributed by atoms with E-state index < -0.39 is 0 Å². The molecule has 1 aromatic carbocycles. The molecular formula is C14H21FN2. The zero-order valence-electron chi connectivity index (χ0n) is 10.5. The van der Waals surface area contributed by atoms with Gasteiger partial charge in [0.2, 0.25) is 0 Å². The quantitative estimate of drug-likeness (QED) is 0.868. The van der Waals surface area contributed by atoms with Gasteiger partial charge in [0.1, 0.15) is 5.82 Å². The molecule has 1 heterocycles. The molecule has 0 saturated carbocycles. The van der Waals surface area contributed by atoms with E-state index in [1.807, 2.05) is 12.1 Å². The summed E-state index contributed by atoms with van der Waals surface area (Å²) in [6.07, 6.45) is 3.15. The summed E-state index contributed by atoms with van der Waals surface area (Å²) < 4.78 is 13.7. The van der Waals surface area contributed by atoms with Gasteiger partial charge in [-0.2, -0.15) is 0 Å². The average Bonchev–Trinajstić information content (AvgIpc) is 2.86. The van der Waals surface area contributed by atoms with Crippen molar-refractivity contribution in [2.75, 3.05) is 19.6 Å². The van der Waals surface area contributed by atoms with E-state index in [-0.39, 0.29) is 11.4 Å². The fourth-order valence-electron chi connectivity index (χ4n) is 2.62. The van der Waals surface area contributed by atoms with Crippen LogP contribution >= 0.6 is 0 Å². The molecule has 1 aliphatic heterocycles. The van der Waals surface area contributed by atoms with Gasteiger partial charge in [0, 0.05) is 12.1 Å². The van der Waals surface area contributed by atoms with Gasteiger partial charge in [0.05, 0.1) is 0 Å². The maximum atomic E-state index is 13.7. The Kier molecular flexibility index (Phi) is 3.79. The van der Waals surface area contributed by atoms with E-state index in [9.17, 15) is 4.39 Å². The normalized spacial score (nSPS) is 20.4. The summed E-state index contributed by atoms with van der Waals surface area (Å²) >= 11 is 0. The van der Waals surface area contributed by atoms with Gasteiger partial charge >= 0.3 is 0 Å². The first-order valence-corrected chi connectivity index (χ1v) is 6.34. The number of halogens is 1. The van der Waals surface area contributed by atoms with Gasteiger partial charge in [-0.15, -0.1) is 0 Å². The molecule has 1 atom stereocenters. The van der Waals surface area contributed by atoms with Crippen LogP contribution in [-0.2, 0) is 6.42 Å². The molecule has 1 unspecified atom stereocenters. The molecule has 94 valence electrons. The lowest BCUT2D eigenvalue weighted by Crippen LogP contribution is -2.52. The summed E-state index contributed by atoms with van der Waals surface area (Å²) in [6.45, 7) is 4.89. The Morgan fingerprint density at radius 2 is 1.94 bits per heavy atom. The highest BCUT2D eigenvalue weighted by atomic mass is 19.1. The topological polar surface area (TPSA) is 29.3 Å². The summed E-state index contributed by atoms with van der Waals surface area (Å²) in [4.78, 5) is 2.40. The molecule has 1 saturated heterocycles. The number of rotatable bonds is 4. The standard InChI is InChI=1S/C14H21FN2/c1-14(11-16,17-8-4-5-9-17)10-12-6-2-3-7-13(12)15/h2-3,6-7H,4-5,8-11,16H2,1H3. The highest BCUT2D eigenvalue weighted by Gasteiger charge is 2.33. The molecule has 0 aromatic heterocycles. The third kappa shape index (κ3) is 2.67. The van der Waals surface area contributed by atoms with Crippen LogP contribution in [0.5, 0.6) is 0 Å². The van der Waals surface area contributed by atoms with E-state index in [0.717, 1.165) is 18.7 Å². The third-order valence-corrected chi connectivity index (χ3v) is 3.84. The number of benzene rings is 1. The molecule has 2 rings (SSSR count). The Morgan fingerprint density at radius 1 is 1.29 bits per heavy atom. The molecule has 17 heavy (non-hydrogen) atoms. The van der Waals surface area contributed by atoms with Gasteiger partial charge in [-0.25, -0.2) is 4.39 Å². The number of nitrogens with two attached hydrogens (primary N) is 1. The molecule has 0 amide bonds. The fraction of sp³-hybridized carbons (Fsp3) is 0.571. The minimum absolute atomic E-state index is 0.112. The second kappa shape index (κ2) is 5.15. The Balaban J connectivity index is 2.16. The van der Waals surface area contributed by atoms with Gasteiger partial charge in [-0.3, -0.25) is 4.90 Å². The number of nitrogens with zero attached hydrogens (tertiary/aromatic N) is 1. The van der Waals surface area contributed by atoms with Crippen molar-refractivity contribution in [1.29, 1.82) is 0 Å². The van der Waals surface area contributed by atoms with Crippen molar-refractivity contribution in [3.63, 3.8) is 0 Å². The minimum atomic E-state index is -0.119. The molecule has 0 spiro atoms. The van der Waals surface area contributed by atoms with Gasteiger partial charge in [0.25, 0.3) is 0 Å². The predicted octanol–water partition coefficient (Wildman–Crippen LogP) is 2.18. The maximum Gasteiger partial charge on any atom is 0.126 e. The van der Waals surface area contributed by atoms with E-state index in [2.05, 4.69) is 11.8 Å². The molecular weight excluding hydrogens is 215 g/mol. The average molecular weight is 236 g/mol. The number of hydrogen-bond acceptors (Lipinski definition) is 2.